The Labute approximate surface area is 121 Å². The van der Waals surface area contributed by atoms with Crippen LogP contribution >= 0.6 is 11.3 Å². The van der Waals surface area contributed by atoms with Gasteiger partial charge in [-0.3, -0.25) is 9.59 Å². The van der Waals surface area contributed by atoms with Gasteiger partial charge in [-0.15, -0.1) is 11.3 Å². The molecule has 2 rings (SSSR count). The summed E-state index contributed by atoms with van der Waals surface area (Å²) in [5, 5.41) is 4.64. The van der Waals surface area contributed by atoms with Crippen molar-refractivity contribution in [2.75, 3.05) is 13.6 Å². The first-order valence-corrected chi connectivity index (χ1v) is 7.13. The number of hydrogen-bond acceptors (Lipinski definition) is 4. The van der Waals surface area contributed by atoms with Crippen molar-refractivity contribution in [3.8, 4) is 0 Å². The van der Waals surface area contributed by atoms with Crippen molar-refractivity contribution in [3.63, 3.8) is 0 Å². The molecule has 0 radical (unpaired) electrons. The van der Waals surface area contributed by atoms with Crippen molar-refractivity contribution in [2.45, 2.75) is 13.0 Å². The highest BCUT2D eigenvalue weighted by atomic mass is 32.1. The normalized spacial score (nSPS) is 10.2. The summed E-state index contributed by atoms with van der Waals surface area (Å²) >= 11 is 1.62. The minimum absolute atomic E-state index is 0.00172. The minimum Gasteiger partial charge on any atom is -0.459 e. The minimum atomic E-state index is -0.302. The van der Waals surface area contributed by atoms with Gasteiger partial charge < -0.3 is 14.6 Å². The van der Waals surface area contributed by atoms with Crippen LogP contribution in [-0.4, -0.2) is 30.3 Å². The first-order chi connectivity index (χ1) is 9.66. The van der Waals surface area contributed by atoms with Gasteiger partial charge in [-0.2, -0.15) is 0 Å². The molecule has 0 unspecified atom stereocenters. The standard InChI is InChI=1S/C14H16N2O3S/c1-16(10-11-4-3-9-20-11)13(17)6-7-15-14(18)12-5-2-8-19-12/h2-5,8-9H,6-7,10H2,1H3,(H,15,18). The van der Waals surface area contributed by atoms with E-state index in [0.717, 1.165) is 4.88 Å². The van der Waals surface area contributed by atoms with Crippen molar-refractivity contribution < 1.29 is 14.0 Å². The lowest BCUT2D eigenvalue weighted by atomic mass is 10.3. The van der Waals surface area contributed by atoms with Crippen LogP contribution in [0.4, 0.5) is 0 Å². The number of nitrogens with zero attached hydrogens (tertiary/aromatic N) is 1. The van der Waals surface area contributed by atoms with E-state index in [-0.39, 0.29) is 24.0 Å². The Morgan fingerprint density at radius 3 is 2.85 bits per heavy atom. The van der Waals surface area contributed by atoms with Crippen molar-refractivity contribution in [1.29, 1.82) is 0 Å². The SMILES string of the molecule is CN(Cc1cccs1)C(=O)CCNC(=O)c1ccco1. The van der Waals surface area contributed by atoms with Gasteiger partial charge in [-0.25, -0.2) is 0 Å². The fourth-order valence-electron chi connectivity index (χ4n) is 1.69. The topological polar surface area (TPSA) is 62.6 Å². The molecule has 0 aliphatic heterocycles. The molecule has 0 aliphatic rings. The van der Waals surface area contributed by atoms with E-state index in [1.165, 1.54) is 6.26 Å². The highest BCUT2D eigenvalue weighted by Crippen LogP contribution is 2.11. The Hall–Kier alpha value is -2.08. The molecule has 0 saturated heterocycles. The van der Waals surface area contributed by atoms with Crippen LogP contribution in [0.2, 0.25) is 0 Å². The van der Waals surface area contributed by atoms with Crippen molar-refractivity contribution in [2.24, 2.45) is 0 Å². The number of carbonyl (C=O) groups excluding carboxylic acids is 2. The zero-order valence-electron chi connectivity index (χ0n) is 11.2. The van der Waals surface area contributed by atoms with Crippen molar-refractivity contribution in [3.05, 3.63) is 46.5 Å². The molecule has 5 nitrogen and oxygen atoms in total. The molecular formula is C14H16N2O3S. The van der Waals surface area contributed by atoms with Crippen LogP contribution < -0.4 is 5.32 Å². The lowest BCUT2D eigenvalue weighted by molar-refractivity contribution is -0.130. The number of thiophene rings is 1. The van der Waals surface area contributed by atoms with Gasteiger partial charge in [0.1, 0.15) is 0 Å². The Morgan fingerprint density at radius 1 is 1.35 bits per heavy atom. The Kier molecular flexibility index (Phi) is 4.95. The van der Waals surface area contributed by atoms with Gasteiger partial charge in [0, 0.05) is 24.9 Å². The first kappa shape index (κ1) is 14.3. The molecular weight excluding hydrogens is 276 g/mol. The van der Waals surface area contributed by atoms with Gasteiger partial charge in [-0.1, -0.05) is 6.07 Å². The van der Waals surface area contributed by atoms with Crippen LogP contribution in [-0.2, 0) is 11.3 Å². The molecule has 0 bridgehead atoms. The summed E-state index contributed by atoms with van der Waals surface area (Å²) < 4.78 is 4.96. The molecule has 0 fully saturated rings. The second-order valence-corrected chi connectivity index (χ2v) is 5.34. The van der Waals surface area contributed by atoms with E-state index < -0.39 is 0 Å². The maximum absolute atomic E-state index is 11.9. The van der Waals surface area contributed by atoms with Crippen LogP contribution in [0.3, 0.4) is 0 Å². The van der Waals surface area contributed by atoms with E-state index in [9.17, 15) is 9.59 Å². The largest absolute Gasteiger partial charge is 0.459 e. The zero-order valence-corrected chi connectivity index (χ0v) is 12.0. The van der Waals surface area contributed by atoms with Crippen molar-refractivity contribution >= 4 is 23.2 Å². The highest BCUT2D eigenvalue weighted by Gasteiger charge is 2.12. The number of furan rings is 1. The maximum atomic E-state index is 11.9. The molecule has 6 heteroatoms. The quantitative estimate of drug-likeness (QED) is 0.887. The second kappa shape index (κ2) is 6.91. The fourth-order valence-corrected chi connectivity index (χ4v) is 2.45. The molecule has 2 amide bonds. The molecule has 106 valence electrons. The van der Waals surface area contributed by atoms with E-state index in [1.54, 1.807) is 35.4 Å². The summed E-state index contributed by atoms with van der Waals surface area (Å²) in [6.07, 6.45) is 1.71. The van der Waals surface area contributed by atoms with Gasteiger partial charge in [0.25, 0.3) is 5.91 Å². The summed E-state index contributed by atoms with van der Waals surface area (Å²) in [6, 6.07) is 7.18. The molecule has 0 atom stereocenters. The molecule has 2 aromatic heterocycles. The van der Waals surface area contributed by atoms with E-state index in [2.05, 4.69) is 5.32 Å². The van der Waals surface area contributed by atoms with Gasteiger partial charge in [0.15, 0.2) is 5.76 Å². The third-order valence-corrected chi connectivity index (χ3v) is 3.63. The monoisotopic (exact) mass is 292 g/mol. The van der Waals surface area contributed by atoms with Gasteiger partial charge in [-0.05, 0) is 23.6 Å². The Bertz CT molecular complexity index is 549. The average Bonchev–Trinajstić information content (AvgIpc) is 3.11. The number of nitrogens with one attached hydrogen (secondary N) is 1. The van der Waals surface area contributed by atoms with Crippen LogP contribution in [0.5, 0.6) is 0 Å². The molecule has 1 N–H and O–H groups in total. The van der Waals surface area contributed by atoms with Gasteiger partial charge >= 0.3 is 0 Å². The number of amides is 2. The number of carbonyl (C=O) groups is 2. The summed E-state index contributed by atoms with van der Waals surface area (Å²) in [7, 11) is 1.76. The lowest BCUT2D eigenvalue weighted by Gasteiger charge is -2.16. The summed E-state index contributed by atoms with van der Waals surface area (Å²) in [5.74, 6) is -0.0498. The number of rotatable bonds is 6. The van der Waals surface area contributed by atoms with Gasteiger partial charge in [0.2, 0.25) is 5.91 Å². The molecule has 20 heavy (non-hydrogen) atoms. The van der Waals surface area contributed by atoms with Crippen LogP contribution in [0.25, 0.3) is 0 Å². The molecule has 2 aromatic rings. The van der Waals surface area contributed by atoms with Crippen LogP contribution in [0.15, 0.2) is 40.3 Å². The zero-order chi connectivity index (χ0) is 14.4. The number of hydrogen-bond donors (Lipinski definition) is 1. The third-order valence-electron chi connectivity index (χ3n) is 2.77. The lowest BCUT2D eigenvalue weighted by Crippen LogP contribution is -2.31. The summed E-state index contributed by atoms with van der Waals surface area (Å²) in [5.41, 5.74) is 0. The Balaban J connectivity index is 1.71. The summed E-state index contributed by atoms with van der Waals surface area (Å²) in [6.45, 7) is 0.899. The van der Waals surface area contributed by atoms with Gasteiger partial charge in [0.05, 0.1) is 12.8 Å². The third kappa shape index (κ3) is 3.96. The molecule has 0 saturated carbocycles. The van der Waals surface area contributed by atoms with E-state index in [1.807, 2.05) is 17.5 Å². The smallest absolute Gasteiger partial charge is 0.286 e. The maximum Gasteiger partial charge on any atom is 0.286 e. The highest BCUT2D eigenvalue weighted by molar-refractivity contribution is 7.09. The second-order valence-electron chi connectivity index (χ2n) is 4.31. The first-order valence-electron chi connectivity index (χ1n) is 6.25. The van der Waals surface area contributed by atoms with Crippen molar-refractivity contribution in [1.82, 2.24) is 10.2 Å². The van der Waals surface area contributed by atoms with E-state index >= 15 is 0 Å². The molecule has 0 aliphatic carbocycles. The molecule has 0 spiro atoms. The van der Waals surface area contributed by atoms with E-state index in [0.29, 0.717) is 13.1 Å². The molecule has 0 aromatic carbocycles. The fraction of sp³-hybridized carbons (Fsp3) is 0.286. The van der Waals surface area contributed by atoms with Crippen LogP contribution in [0.1, 0.15) is 21.9 Å². The summed E-state index contributed by atoms with van der Waals surface area (Å²) in [4.78, 5) is 26.3. The predicted molar refractivity (Wildman–Crippen MR) is 76.5 cm³/mol. The Morgan fingerprint density at radius 2 is 2.20 bits per heavy atom. The predicted octanol–water partition coefficient (Wildman–Crippen LogP) is 2.12. The van der Waals surface area contributed by atoms with E-state index in [4.69, 9.17) is 4.42 Å². The van der Waals surface area contributed by atoms with Crippen LogP contribution in [0, 0.1) is 0 Å². The molecule has 2 heterocycles. The average molecular weight is 292 g/mol.